The Balaban J connectivity index is 1.91. The van der Waals surface area contributed by atoms with Crippen LogP contribution >= 0.6 is 11.8 Å². The molecule has 2 rings (SSSR count). The average molecular weight is 242 g/mol. The van der Waals surface area contributed by atoms with Gasteiger partial charge in [-0.05, 0) is 49.4 Å². The summed E-state index contributed by atoms with van der Waals surface area (Å²) in [7, 11) is 0. The molecule has 2 fully saturated rings. The van der Waals surface area contributed by atoms with Crippen LogP contribution in [0.3, 0.4) is 0 Å². The second-order valence-electron chi connectivity index (χ2n) is 6.28. The van der Waals surface area contributed by atoms with Gasteiger partial charge in [0, 0.05) is 18.3 Å². The van der Waals surface area contributed by atoms with Crippen molar-refractivity contribution in [2.45, 2.75) is 39.2 Å². The van der Waals surface area contributed by atoms with Crippen molar-refractivity contribution in [2.24, 2.45) is 17.1 Å². The molecule has 0 saturated carbocycles. The summed E-state index contributed by atoms with van der Waals surface area (Å²) in [5.74, 6) is 3.42. The van der Waals surface area contributed by atoms with Crippen LogP contribution in [0.1, 0.15) is 33.1 Å². The highest BCUT2D eigenvalue weighted by Gasteiger charge is 2.33. The van der Waals surface area contributed by atoms with Crippen LogP contribution in [0, 0.1) is 11.3 Å². The fourth-order valence-electron chi connectivity index (χ4n) is 3.08. The highest BCUT2D eigenvalue weighted by atomic mass is 32.2. The van der Waals surface area contributed by atoms with E-state index in [1.807, 2.05) is 0 Å². The molecule has 94 valence electrons. The summed E-state index contributed by atoms with van der Waals surface area (Å²) >= 11 is 2.14. The highest BCUT2D eigenvalue weighted by molar-refractivity contribution is 7.99. The number of thioether (sulfide) groups is 1. The molecule has 2 atom stereocenters. The first-order valence-corrected chi connectivity index (χ1v) is 7.78. The molecule has 2 saturated heterocycles. The molecule has 0 spiro atoms. The van der Waals surface area contributed by atoms with Gasteiger partial charge in [-0.15, -0.1) is 0 Å². The molecule has 2 aliphatic heterocycles. The van der Waals surface area contributed by atoms with Gasteiger partial charge in [0.15, 0.2) is 0 Å². The molecule has 0 amide bonds. The van der Waals surface area contributed by atoms with E-state index in [0.717, 1.165) is 18.5 Å². The Morgan fingerprint density at radius 1 is 1.44 bits per heavy atom. The minimum atomic E-state index is 0.531. The topological polar surface area (TPSA) is 29.3 Å². The maximum Gasteiger partial charge on any atom is 0.0191 e. The predicted octanol–water partition coefficient (Wildman–Crippen LogP) is 2.19. The third-order valence-electron chi connectivity index (χ3n) is 3.99. The summed E-state index contributed by atoms with van der Waals surface area (Å²) in [5.41, 5.74) is 6.35. The zero-order valence-electron chi connectivity index (χ0n) is 10.7. The van der Waals surface area contributed by atoms with Gasteiger partial charge in [0.2, 0.25) is 0 Å². The lowest BCUT2D eigenvalue weighted by Crippen LogP contribution is -2.49. The van der Waals surface area contributed by atoms with Gasteiger partial charge in [-0.25, -0.2) is 0 Å². The molecule has 2 heterocycles. The van der Waals surface area contributed by atoms with E-state index in [-0.39, 0.29) is 0 Å². The molecule has 2 nitrogen and oxygen atoms in total. The normalized spacial score (nSPS) is 36.2. The van der Waals surface area contributed by atoms with Crippen LogP contribution in [0.4, 0.5) is 0 Å². The molecule has 0 bridgehead atoms. The van der Waals surface area contributed by atoms with Crippen molar-refractivity contribution in [1.82, 2.24) is 4.90 Å². The number of hydrogen-bond donors (Lipinski definition) is 1. The smallest absolute Gasteiger partial charge is 0.0191 e. The van der Waals surface area contributed by atoms with Crippen LogP contribution < -0.4 is 5.73 Å². The van der Waals surface area contributed by atoms with Gasteiger partial charge in [-0.1, -0.05) is 13.8 Å². The maximum atomic E-state index is 5.82. The van der Waals surface area contributed by atoms with E-state index in [2.05, 4.69) is 30.5 Å². The summed E-state index contributed by atoms with van der Waals surface area (Å²) in [6.45, 7) is 8.25. The summed E-state index contributed by atoms with van der Waals surface area (Å²) in [6, 6.07) is 0.808. The first-order valence-electron chi connectivity index (χ1n) is 6.62. The van der Waals surface area contributed by atoms with Crippen molar-refractivity contribution in [2.75, 3.05) is 31.1 Å². The third-order valence-corrected chi connectivity index (χ3v) is 5.60. The van der Waals surface area contributed by atoms with Gasteiger partial charge in [0.05, 0.1) is 0 Å². The molecule has 2 N–H and O–H groups in total. The van der Waals surface area contributed by atoms with Crippen molar-refractivity contribution in [3.05, 3.63) is 0 Å². The molecule has 16 heavy (non-hydrogen) atoms. The highest BCUT2D eigenvalue weighted by Crippen LogP contribution is 2.36. The first kappa shape index (κ1) is 12.7. The van der Waals surface area contributed by atoms with E-state index < -0.39 is 0 Å². The maximum absolute atomic E-state index is 5.82. The number of nitrogens with zero attached hydrogens (tertiary/aromatic N) is 1. The summed E-state index contributed by atoms with van der Waals surface area (Å²) < 4.78 is 0. The lowest BCUT2D eigenvalue weighted by molar-refractivity contribution is 0.107. The van der Waals surface area contributed by atoms with E-state index in [1.54, 1.807) is 0 Å². The van der Waals surface area contributed by atoms with Crippen molar-refractivity contribution < 1.29 is 0 Å². The minimum absolute atomic E-state index is 0.531. The Bertz CT molecular complexity index is 230. The Labute approximate surface area is 104 Å². The van der Waals surface area contributed by atoms with Gasteiger partial charge in [0.1, 0.15) is 0 Å². The van der Waals surface area contributed by atoms with Crippen LogP contribution in [-0.4, -0.2) is 42.1 Å². The Kier molecular flexibility index (Phi) is 4.20. The predicted molar refractivity (Wildman–Crippen MR) is 72.9 cm³/mol. The van der Waals surface area contributed by atoms with E-state index in [9.17, 15) is 0 Å². The van der Waals surface area contributed by atoms with Crippen LogP contribution in [0.2, 0.25) is 0 Å². The Hall–Kier alpha value is 0.270. The molecule has 0 aromatic heterocycles. The van der Waals surface area contributed by atoms with Crippen molar-refractivity contribution in [3.8, 4) is 0 Å². The standard InChI is InChI=1S/C13H26N2S/c1-13(2)6-12(9-16-10-13)15-5-3-4-11(7-14)8-15/h11-12H,3-10,14H2,1-2H3. The number of rotatable bonds is 2. The molecular formula is C13H26N2S. The van der Waals surface area contributed by atoms with E-state index >= 15 is 0 Å². The first-order chi connectivity index (χ1) is 7.61. The average Bonchev–Trinajstić information content (AvgIpc) is 2.28. The molecule has 0 aromatic carbocycles. The van der Waals surface area contributed by atoms with Crippen LogP contribution in [-0.2, 0) is 0 Å². The van der Waals surface area contributed by atoms with Gasteiger partial charge >= 0.3 is 0 Å². The summed E-state index contributed by atoms with van der Waals surface area (Å²) in [6.07, 6.45) is 4.07. The zero-order valence-corrected chi connectivity index (χ0v) is 11.6. The molecule has 0 aliphatic carbocycles. The third kappa shape index (κ3) is 3.14. The molecule has 0 aromatic rings. The fraction of sp³-hybridized carbons (Fsp3) is 1.00. The van der Waals surface area contributed by atoms with E-state index in [1.165, 1.54) is 43.9 Å². The number of nitrogens with two attached hydrogens (primary N) is 1. The molecule has 3 heteroatoms. The zero-order chi connectivity index (χ0) is 11.6. The second kappa shape index (κ2) is 5.28. The summed E-state index contributed by atoms with van der Waals surface area (Å²) in [5, 5.41) is 0. The second-order valence-corrected chi connectivity index (χ2v) is 7.31. The minimum Gasteiger partial charge on any atom is -0.330 e. The van der Waals surface area contributed by atoms with E-state index in [4.69, 9.17) is 5.73 Å². The van der Waals surface area contributed by atoms with Gasteiger partial charge in [-0.2, -0.15) is 11.8 Å². The summed E-state index contributed by atoms with van der Waals surface area (Å²) in [4.78, 5) is 2.72. The van der Waals surface area contributed by atoms with Gasteiger partial charge in [-0.3, -0.25) is 4.90 Å². The van der Waals surface area contributed by atoms with Crippen molar-refractivity contribution >= 4 is 11.8 Å². The molecule has 2 unspecified atom stereocenters. The lowest BCUT2D eigenvalue weighted by atomic mass is 9.86. The van der Waals surface area contributed by atoms with Crippen molar-refractivity contribution in [1.29, 1.82) is 0 Å². The molecular weight excluding hydrogens is 216 g/mol. The Morgan fingerprint density at radius 3 is 2.94 bits per heavy atom. The van der Waals surface area contributed by atoms with Gasteiger partial charge < -0.3 is 5.73 Å². The van der Waals surface area contributed by atoms with E-state index in [0.29, 0.717) is 5.41 Å². The van der Waals surface area contributed by atoms with Crippen LogP contribution in [0.15, 0.2) is 0 Å². The lowest BCUT2D eigenvalue weighted by Gasteiger charge is -2.44. The molecule has 2 aliphatic rings. The number of likely N-dealkylation sites (tertiary alicyclic amines) is 1. The number of piperidine rings is 1. The quantitative estimate of drug-likeness (QED) is 0.805. The van der Waals surface area contributed by atoms with Crippen LogP contribution in [0.25, 0.3) is 0 Å². The van der Waals surface area contributed by atoms with Gasteiger partial charge in [0.25, 0.3) is 0 Å². The van der Waals surface area contributed by atoms with Crippen LogP contribution in [0.5, 0.6) is 0 Å². The number of hydrogen-bond acceptors (Lipinski definition) is 3. The SMILES string of the molecule is CC1(C)CSCC(N2CCCC(CN)C2)C1. The fourth-order valence-corrected chi connectivity index (χ4v) is 4.47. The Morgan fingerprint density at radius 2 is 2.25 bits per heavy atom. The monoisotopic (exact) mass is 242 g/mol. The largest absolute Gasteiger partial charge is 0.330 e. The molecule has 0 radical (unpaired) electrons. The van der Waals surface area contributed by atoms with Crippen molar-refractivity contribution in [3.63, 3.8) is 0 Å².